The minimum absolute atomic E-state index is 0.0602. The second-order valence-electron chi connectivity index (χ2n) is 13.0. The highest BCUT2D eigenvalue weighted by Crippen LogP contribution is 2.30. The highest BCUT2D eigenvalue weighted by molar-refractivity contribution is 6.31. The summed E-state index contributed by atoms with van der Waals surface area (Å²) in [6, 6.07) is 46.3. The van der Waals surface area contributed by atoms with Crippen LogP contribution in [0.3, 0.4) is 0 Å². The van der Waals surface area contributed by atoms with Crippen molar-refractivity contribution in [1.82, 2.24) is 5.32 Å². The average molecular weight is 707 g/mol. The first-order chi connectivity index (χ1) is 25.2. The normalized spacial score (nSPS) is 11.5. The zero-order valence-electron chi connectivity index (χ0n) is 29.0. The smallest absolute Gasteiger partial charge is 0.326 e. The Balaban J connectivity index is 1.30. The number of nitrogens with one attached hydrogen (secondary N) is 1. The third kappa shape index (κ3) is 8.66. The van der Waals surface area contributed by atoms with Gasteiger partial charge in [-0.25, -0.2) is 4.79 Å². The number of halogens is 1. The molecule has 52 heavy (non-hydrogen) atoms. The number of benzene rings is 6. The van der Waals surface area contributed by atoms with Crippen molar-refractivity contribution >= 4 is 35.1 Å². The topological polar surface area (TPSA) is 86.7 Å². The minimum atomic E-state index is -1.24. The lowest BCUT2D eigenvalue weighted by Crippen LogP contribution is -2.43. The molecule has 0 radical (unpaired) electrons. The van der Waals surface area contributed by atoms with Crippen LogP contribution >= 0.6 is 11.6 Å². The molecule has 2 N–H and O–H groups in total. The van der Waals surface area contributed by atoms with Crippen LogP contribution in [0.25, 0.3) is 22.3 Å². The molecule has 0 saturated carbocycles. The minimum Gasteiger partial charge on any atom is -0.480 e. The quantitative estimate of drug-likeness (QED) is 0.133. The number of carbonyl (C=O) groups excluding carboxylic acids is 2. The first kappa shape index (κ1) is 35.8. The van der Waals surface area contributed by atoms with Gasteiger partial charge in [0.25, 0.3) is 11.8 Å². The van der Waals surface area contributed by atoms with E-state index >= 15 is 0 Å². The number of carboxylic acids is 1. The maximum Gasteiger partial charge on any atom is 0.326 e. The Morgan fingerprint density at radius 3 is 1.71 bits per heavy atom. The van der Waals surface area contributed by atoms with Gasteiger partial charge in [0.05, 0.1) is 17.8 Å². The number of amides is 2. The van der Waals surface area contributed by atoms with Gasteiger partial charge in [-0.2, -0.15) is 0 Å². The van der Waals surface area contributed by atoms with Crippen LogP contribution in [0.1, 0.15) is 57.2 Å². The number of hydrogen-bond acceptors (Lipinski definition) is 3. The molecule has 0 aliphatic carbocycles. The molecule has 0 unspecified atom stereocenters. The molecule has 0 spiro atoms. The van der Waals surface area contributed by atoms with Gasteiger partial charge in [0.2, 0.25) is 0 Å². The molecule has 0 saturated heterocycles. The summed E-state index contributed by atoms with van der Waals surface area (Å²) in [5, 5.41) is 13.2. The number of hydrogen-bond donors (Lipinski definition) is 2. The van der Waals surface area contributed by atoms with Crippen molar-refractivity contribution in [1.29, 1.82) is 0 Å². The van der Waals surface area contributed by atoms with Gasteiger partial charge < -0.3 is 15.3 Å². The summed E-state index contributed by atoms with van der Waals surface area (Å²) in [7, 11) is 0. The Morgan fingerprint density at radius 2 is 1.17 bits per heavy atom. The van der Waals surface area contributed by atoms with E-state index in [0.29, 0.717) is 17.2 Å². The molecule has 6 aromatic carbocycles. The van der Waals surface area contributed by atoms with Gasteiger partial charge in [0, 0.05) is 17.0 Å². The van der Waals surface area contributed by atoms with Crippen LogP contribution in [-0.2, 0) is 17.8 Å². The molecule has 260 valence electrons. The summed E-state index contributed by atoms with van der Waals surface area (Å²) in [5.41, 5.74) is 7.65. The lowest BCUT2D eigenvalue weighted by molar-refractivity contribution is -0.139. The van der Waals surface area contributed by atoms with Gasteiger partial charge in [-0.05, 0) is 75.2 Å². The molecule has 6 rings (SSSR count). The van der Waals surface area contributed by atoms with Gasteiger partial charge in [0.15, 0.2) is 0 Å². The molecule has 0 aliphatic rings. The Bertz CT molecular complexity index is 2150. The molecule has 0 aliphatic heterocycles. The van der Waals surface area contributed by atoms with Crippen LogP contribution in [0.5, 0.6) is 0 Å². The fraction of sp³-hybridized carbons (Fsp3) is 0.133. The van der Waals surface area contributed by atoms with E-state index in [9.17, 15) is 19.5 Å². The van der Waals surface area contributed by atoms with Crippen LogP contribution in [0, 0.1) is 0 Å². The van der Waals surface area contributed by atoms with Crippen molar-refractivity contribution in [3.63, 3.8) is 0 Å². The highest BCUT2D eigenvalue weighted by atomic mass is 35.5. The largest absolute Gasteiger partial charge is 0.480 e. The number of nitrogens with zero attached hydrogens (tertiary/aromatic N) is 1. The van der Waals surface area contributed by atoms with E-state index in [-0.39, 0.29) is 29.5 Å². The Kier molecular flexibility index (Phi) is 11.3. The molecule has 6 nitrogen and oxygen atoms in total. The average Bonchev–Trinajstić information content (AvgIpc) is 3.17. The summed E-state index contributed by atoms with van der Waals surface area (Å²) < 4.78 is 0. The van der Waals surface area contributed by atoms with E-state index < -0.39 is 17.9 Å². The third-order valence-corrected chi connectivity index (χ3v) is 9.30. The monoisotopic (exact) mass is 706 g/mol. The van der Waals surface area contributed by atoms with Crippen LogP contribution in [0.15, 0.2) is 152 Å². The summed E-state index contributed by atoms with van der Waals surface area (Å²) in [4.78, 5) is 42.5. The summed E-state index contributed by atoms with van der Waals surface area (Å²) in [5.74, 6) is -1.82. The number of anilines is 1. The zero-order valence-corrected chi connectivity index (χ0v) is 29.8. The first-order valence-electron chi connectivity index (χ1n) is 17.2. The predicted octanol–water partition coefficient (Wildman–Crippen LogP) is 10.1. The van der Waals surface area contributed by atoms with Crippen LogP contribution in [0.4, 0.5) is 5.69 Å². The number of carboxylic acid groups (broad SMARTS) is 1. The Labute approximate surface area is 309 Å². The molecule has 7 heteroatoms. The maximum absolute atomic E-state index is 14.4. The summed E-state index contributed by atoms with van der Waals surface area (Å²) >= 11 is 6.44. The van der Waals surface area contributed by atoms with Gasteiger partial charge in [0.1, 0.15) is 6.04 Å². The fourth-order valence-electron chi connectivity index (χ4n) is 6.11. The van der Waals surface area contributed by atoms with E-state index in [2.05, 4.69) is 19.2 Å². The summed E-state index contributed by atoms with van der Waals surface area (Å²) in [6.07, 6.45) is 0.0602. The molecular formula is C45H39ClN2O4. The molecule has 0 heterocycles. The molecule has 0 bridgehead atoms. The predicted molar refractivity (Wildman–Crippen MR) is 209 cm³/mol. The molecule has 6 aromatic rings. The maximum atomic E-state index is 14.4. The van der Waals surface area contributed by atoms with Gasteiger partial charge in [-0.15, -0.1) is 0 Å². The highest BCUT2D eigenvalue weighted by Gasteiger charge is 2.27. The van der Waals surface area contributed by atoms with E-state index in [1.807, 2.05) is 121 Å². The van der Waals surface area contributed by atoms with Crippen molar-refractivity contribution < 1.29 is 19.5 Å². The molecule has 0 aromatic heterocycles. The van der Waals surface area contributed by atoms with Crippen molar-refractivity contribution in [2.24, 2.45) is 0 Å². The van der Waals surface area contributed by atoms with Gasteiger partial charge in [-0.3, -0.25) is 9.59 Å². The summed E-state index contributed by atoms with van der Waals surface area (Å²) in [6.45, 7) is 4.40. The Hall–Kier alpha value is -5.98. The molecule has 2 amide bonds. The lowest BCUT2D eigenvalue weighted by Gasteiger charge is -2.26. The third-order valence-electron chi connectivity index (χ3n) is 9.07. The molecule has 1 atom stereocenters. The van der Waals surface area contributed by atoms with E-state index in [4.69, 9.17) is 11.6 Å². The number of aliphatic carboxylic acids is 1. The van der Waals surface area contributed by atoms with Crippen LogP contribution in [-0.4, -0.2) is 28.9 Å². The number of rotatable bonds is 12. The van der Waals surface area contributed by atoms with Crippen molar-refractivity contribution in [3.8, 4) is 22.3 Å². The van der Waals surface area contributed by atoms with Crippen molar-refractivity contribution in [2.45, 2.75) is 38.8 Å². The van der Waals surface area contributed by atoms with Crippen molar-refractivity contribution in [2.75, 3.05) is 4.90 Å². The Morgan fingerprint density at radius 1 is 0.654 bits per heavy atom. The fourth-order valence-corrected chi connectivity index (χ4v) is 6.28. The first-order valence-corrected chi connectivity index (χ1v) is 17.6. The molecular weight excluding hydrogens is 668 g/mol. The van der Waals surface area contributed by atoms with Gasteiger partial charge >= 0.3 is 5.97 Å². The standard InChI is InChI=1S/C45H39ClN2O4/c1-30(2)33-17-15-32(16-18-33)29-48(44(50)38-23-21-37(22-24-38)35-11-7-4-8-12-35)42-26-25-39(46)28-40(42)43(49)47-41(45(51)52)27-31-13-19-36(20-14-31)34-9-5-3-6-10-34/h3-26,28,30,41H,27,29H2,1-2H3,(H,47,49)(H,51,52)/t41-/m0/s1. The van der Waals surface area contributed by atoms with E-state index in [1.54, 1.807) is 29.2 Å². The van der Waals surface area contributed by atoms with Crippen LogP contribution < -0.4 is 10.2 Å². The SMILES string of the molecule is CC(C)c1ccc(CN(C(=O)c2ccc(-c3ccccc3)cc2)c2ccc(Cl)cc2C(=O)N[C@@H](Cc2ccc(-c3ccccc3)cc2)C(=O)O)cc1. The second-order valence-corrected chi connectivity index (χ2v) is 13.5. The van der Waals surface area contributed by atoms with E-state index in [1.165, 1.54) is 11.6 Å². The van der Waals surface area contributed by atoms with Gasteiger partial charge in [-0.1, -0.05) is 147 Å². The number of carbonyl (C=O) groups is 3. The molecule has 0 fully saturated rings. The van der Waals surface area contributed by atoms with Crippen LogP contribution in [0.2, 0.25) is 5.02 Å². The lowest BCUT2D eigenvalue weighted by atomic mass is 10.00. The second kappa shape index (κ2) is 16.4. The van der Waals surface area contributed by atoms with E-state index in [0.717, 1.165) is 33.4 Å². The van der Waals surface area contributed by atoms with Crippen molar-refractivity contribution in [3.05, 3.63) is 184 Å². The zero-order chi connectivity index (χ0) is 36.6.